The standard InChI is InChI=1S/C17H24N4O/c1-14-18-17(10-13-20-11-6-3-7-12-20)21(19-14)15-8-4-5-9-16(15)22-2/h4-5,8-9H,3,6-7,10-13H2,1-2H3. The normalized spacial score (nSPS) is 15.9. The van der Waals surface area contributed by atoms with Crippen molar-refractivity contribution in [1.82, 2.24) is 19.7 Å². The van der Waals surface area contributed by atoms with E-state index in [1.165, 1.54) is 32.4 Å². The fraction of sp³-hybridized carbons (Fsp3) is 0.529. The molecule has 0 amide bonds. The van der Waals surface area contributed by atoms with E-state index in [-0.39, 0.29) is 0 Å². The summed E-state index contributed by atoms with van der Waals surface area (Å²) in [5, 5.41) is 4.56. The molecule has 1 aromatic heterocycles. The SMILES string of the molecule is COc1ccccc1-n1nc(C)nc1CCN1CCCCC1. The molecule has 1 saturated heterocycles. The number of nitrogens with zero attached hydrogens (tertiary/aromatic N) is 4. The number of benzene rings is 1. The van der Waals surface area contributed by atoms with Crippen molar-refractivity contribution in [3.63, 3.8) is 0 Å². The number of ether oxygens (including phenoxy) is 1. The molecule has 5 heteroatoms. The number of hydrogen-bond acceptors (Lipinski definition) is 4. The quantitative estimate of drug-likeness (QED) is 0.851. The van der Waals surface area contributed by atoms with Gasteiger partial charge in [-0.3, -0.25) is 0 Å². The first-order valence-corrected chi connectivity index (χ1v) is 8.06. The lowest BCUT2D eigenvalue weighted by Crippen LogP contribution is -2.32. The van der Waals surface area contributed by atoms with Gasteiger partial charge in [-0.1, -0.05) is 18.6 Å². The first-order chi connectivity index (χ1) is 10.8. The first kappa shape index (κ1) is 15.0. The summed E-state index contributed by atoms with van der Waals surface area (Å²) < 4.78 is 7.39. The van der Waals surface area contributed by atoms with Gasteiger partial charge in [0.1, 0.15) is 23.1 Å². The highest BCUT2D eigenvalue weighted by molar-refractivity contribution is 5.46. The smallest absolute Gasteiger partial charge is 0.148 e. The third kappa shape index (κ3) is 3.30. The van der Waals surface area contributed by atoms with E-state index < -0.39 is 0 Å². The predicted octanol–water partition coefficient (Wildman–Crippen LogP) is 2.61. The Morgan fingerprint density at radius 3 is 2.68 bits per heavy atom. The molecule has 2 aromatic rings. The summed E-state index contributed by atoms with van der Waals surface area (Å²) in [5.74, 6) is 2.64. The van der Waals surface area contributed by atoms with Gasteiger partial charge in [0.15, 0.2) is 0 Å². The molecule has 1 aliphatic heterocycles. The molecule has 0 saturated carbocycles. The molecule has 118 valence electrons. The molecule has 22 heavy (non-hydrogen) atoms. The highest BCUT2D eigenvalue weighted by atomic mass is 16.5. The molecule has 1 aliphatic rings. The fourth-order valence-corrected chi connectivity index (χ4v) is 3.06. The molecule has 0 atom stereocenters. The number of likely N-dealkylation sites (tertiary alicyclic amines) is 1. The zero-order chi connectivity index (χ0) is 15.4. The van der Waals surface area contributed by atoms with E-state index in [4.69, 9.17) is 4.74 Å². The van der Waals surface area contributed by atoms with Gasteiger partial charge < -0.3 is 9.64 Å². The summed E-state index contributed by atoms with van der Waals surface area (Å²) in [7, 11) is 1.69. The highest BCUT2D eigenvalue weighted by Crippen LogP contribution is 2.23. The van der Waals surface area contributed by atoms with Gasteiger partial charge in [0, 0.05) is 13.0 Å². The van der Waals surface area contributed by atoms with Crippen LogP contribution in [0.2, 0.25) is 0 Å². The lowest BCUT2D eigenvalue weighted by Gasteiger charge is -2.26. The molecule has 0 bridgehead atoms. The van der Waals surface area contributed by atoms with Crippen molar-refractivity contribution in [2.45, 2.75) is 32.6 Å². The van der Waals surface area contributed by atoms with Crippen LogP contribution in [0, 0.1) is 6.92 Å². The Kier molecular flexibility index (Phi) is 4.73. The number of hydrogen-bond donors (Lipinski definition) is 0. The zero-order valence-corrected chi connectivity index (χ0v) is 13.5. The van der Waals surface area contributed by atoms with Crippen molar-refractivity contribution >= 4 is 0 Å². The molecular weight excluding hydrogens is 276 g/mol. The van der Waals surface area contributed by atoms with Gasteiger partial charge in [-0.2, -0.15) is 5.10 Å². The van der Waals surface area contributed by atoms with Gasteiger partial charge in [-0.05, 0) is 45.0 Å². The average Bonchev–Trinajstić information content (AvgIpc) is 2.94. The van der Waals surface area contributed by atoms with E-state index in [1.807, 2.05) is 35.9 Å². The summed E-state index contributed by atoms with van der Waals surface area (Å²) in [6.07, 6.45) is 4.92. The number of methoxy groups -OCH3 is 1. The number of para-hydroxylation sites is 2. The summed E-state index contributed by atoms with van der Waals surface area (Å²) in [5.41, 5.74) is 0.958. The third-order valence-corrected chi connectivity index (χ3v) is 4.19. The predicted molar refractivity (Wildman–Crippen MR) is 86.6 cm³/mol. The number of aromatic nitrogens is 3. The van der Waals surface area contributed by atoms with Crippen molar-refractivity contribution in [3.05, 3.63) is 35.9 Å². The summed E-state index contributed by atoms with van der Waals surface area (Å²) >= 11 is 0. The largest absolute Gasteiger partial charge is 0.494 e. The maximum absolute atomic E-state index is 5.46. The van der Waals surface area contributed by atoms with Gasteiger partial charge in [-0.25, -0.2) is 9.67 Å². The topological polar surface area (TPSA) is 43.2 Å². The van der Waals surface area contributed by atoms with E-state index in [2.05, 4.69) is 15.0 Å². The van der Waals surface area contributed by atoms with Crippen molar-refractivity contribution in [3.8, 4) is 11.4 Å². The average molecular weight is 300 g/mol. The van der Waals surface area contributed by atoms with Crippen LogP contribution in [0.3, 0.4) is 0 Å². The Hall–Kier alpha value is -1.88. The van der Waals surface area contributed by atoms with Crippen LogP contribution in [0.25, 0.3) is 5.69 Å². The van der Waals surface area contributed by atoms with Crippen molar-refractivity contribution in [1.29, 1.82) is 0 Å². The molecule has 1 aromatic carbocycles. The van der Waals surface area contributed by atoms with Crippen LogP contribution >= 0.6 is 0 Å². The second kappa shape index (κ2) is 6.92. The molecule has 3 rings (SSSR count). The van der Waals surface area contributed by atoms with E-state index in [0.29, 0.717) is 0 Å². The van der Waals surface area contributed by atoms with Gasteiger partial charge in [0.25, 0.3) is 0 Å². The van der Waals surface area contributed by atoms with Gasteiger partial charge in [0.05, 0.1) is 7.11 Å². The summed E-state index contributed by atoms with van der Waals surface area (Å²) in [4.78, 5) is 7.14. The number of aryl methyl sites for hydroxylation is 1. The Morgan fingerprint density at radius 2 is 1.91 bits per heavy atom. The van der Waals surface area contributed by atoms with Crippen molar-refractivity contribution in [2.75, 3.05) is 26.7 Å². The van der Waals surface area contributed by atoms with Crippen LogP contribution in [0.5, 0.6) is 5.75 Å². The van der Waals surface area contributed by atoms with E-state index in [0.717, 1.165) is 36.1 Å². The Balaban J connectivity index is 1.80. The molecule has 0 spiro atoms. The number of rotatable bonds is 5. The Labute approximate surface area is 131 Å². The zero-order valence-electron chi connectivity index (χ0n) is 13.5. The van der Waals surface area contributed by atoms with Crippen LogP contribution in [0.15, 0.2) is 24.3 Å². The van der Waals surface area contributed by atoms with Gasteiger partial charge in [-0.15, -0.1) is 0 Å². The Morgan fingerprint density at radius 1 is 1.14 bits per heavy atom. The minimum atomic E-state index is 0.805. The van der Waals surface area contributed by atoms with Crippen molar-refractivity contribution < 1.29 is 4.74 Å². The third-order valence-electron chi connectivity index (χ3n) is 4.19. The highest BCUT2D eigenvalue weighted by Gasteiger charge is 2.15. The van der Waals surface area contributed by atoms with Crippen LogP contribution in [-0.2, 0) is 6.42 Å². The second-order valence-electron chi connectivity index (χ2n) is 5.81. The van der Waals surface area contributed by atoms with Crippen LogP contribution < -0.4 is 4.74 Å². The molecule has 0 N–H and O–H groups in total. The molecule has 2 heterocycles. The first-order valence-electron chi connectivity index (χ1n) is 8.06. The number of piperidine rings is 1. The monoisotopic (exact) mass is 300 g/mol. The maximum Gasteiger partial charge on any atom is 0.148 e. The van der Waals surface area contributed by atoms with E-state index in [1.54, 1.807) is 7.11 Å². The van der Waals surface area contributed by atoms with Gasteiger partial charge in [0.2, 0.25) is 0 Å². The Bertz CT molecular complexity index is 617. The molecule has 0 aliphatic carbocycles. The molecule has 0 radical (unpaired) electrons. The van der Waals surface area contributed by atoms with E-state index >= 15 is 0 Å². The molecule has 1 fully saturated rings. The van der Waals surface area contributed by atoms with Gasteiger partial charge >= 0.3 is 0 Å². The lowest BCUT2D eigenvalue weighted by atomic mass is 10.1. The van der Waals surface area contributed by atoms with Crippen LogP contribution in [-0.4, -0.2) is 46.4 Å². The van der Waals surface area contributed by atoms with Crippen LogP contribution in [0.4, 0.5) is 0 Å². The van der Waals surface area contributed by atoms with Crippen molar-refractivity contribution in [2.24, 2.45) is 0 Å². The minimum absolute atomic E-state index is 0.805. The van der Waals surface area contributed by atoms with Crippen LogP contribution in [0.1, 0.15) is 30.9 Å². The maximum atomic E-state index is 5.46. The minimum Gasteiger partial charge on any atom is -0.494 e. The second-order valence-corrected chi connectivity index (χ2v) is 5.81. The van der Waals surface area contributed by atoms with E-state index in [9.17, 15) is 0 Å². The fourth-order valence-electron chi connectivity index (χ4n) is 3.06. The lowest BCUT2D eigenvalue weighted by molar-refractivity contribution is 0.230. The summed E-state index contributed by atoms with van der Waals surface area (Å²) in [6.45, 7) is 5.41. The molecule has 5 nitrogen and oxygen atoms in total. The molecule has 0 unspecified atom stereocenters. The summed E-state index contributed by atoms with van der Waals surface area (Å²) in [6, 6.07) is 7.96. The molecular formula is C17H24N4O.